The van der Waals surface area contributed by atoms with Gasteiger partial charge >= 0.3 is 0 Å². The molecule has 0 spiro atoms. The highest BCUT2D eigenvalue weighted by molar-refractivity contribution is 4.75. The van der Waals surface area contributed by atoms with Gasteiger partial charge in [0.2, 0.25) is 0 Å². The quantitative estimate of drug-likeness (QED) is 0.710. The zero-order valence-corrected chi connectivity index (χ0v) is 11.3. The van der Waals surface area contributed by atoms with Gasteiger partial charge in [-0.3, -0.25) is 0 Å². The highest BCUT2D eigenvalue weighted by Crippen LogP contribution is 2.21. The molecule has 0 aromatic heterocycles. The van der Waals surface area contributed by atoms with Gasteiger partial charge in [0.15, 0.2) is 0 Å². The van der Waals surface area contributed by atoms with Crippen molar-refractivity contribution in [2.24, 2.45) is 0 Å². The Morgan fingerprint density at radius 3 is 2.53 bits per heavy atom. The van der Waals surface area contributed by atoms with Crippen LogP contribution < -0.4 is 5.32 Å². The van der Waals surface area contributed by atoms with Crippen molar-refractivity contribution in [2.75, 3.05) is 19.8 Å². The molecule has 0 aromatic rings. The van der Waals surface area contributed by atoms with Crippen LogP contribution >= 0.6 is 0 Å². The van der Waals surface area contributed by atoms with Crippen molar-refractivity contribution in [3.05, 3.63) is 0 Å². The van der Waals surface area contributed by atoms with E-state index in [2.05, 4.69) is 26.1 Å². The van der Waals surface area contributed by atoms with Gasteiger partial charge in [-0.2, -0.15) is 0 Å². The summed E-state index contributed by atoms with van der Waals surface area (Å²) in [5, 5.41) is 12.5. The fourth-order valence-corrected chi connectivity index (χ4v) is 2.26. The minimum Gasteiger partial charge on any atom is -0.395 e. The molecule has 1 aliphatic rings. The lowest BCUT2D eigenvalue weighted by molar-refractivity contribution is -0.105. The highest BCUT2D eigenvalue weighted by atomic mass is 16.5. The summed E-state index contributed by atoms with van der Waals surface area (Å²) in [6, 6.07) is 0.0587. The molecule has 3 unspecified atom stereocenters. The first-order valence-corrected chi connectivity index (χ1v) is 6.77. The summed E-state index contributed by atoms with van der Waals surface area (Å²) < 4.78 is 11.5. The SMILES string of the molecule is CCCNC(CO)COC1CC(C)OC(C)C1. The van der Waals surface area contributed by atoms with Crippen molar-refractivity contribution in [2.45, 2.75) is 64.4 Å². The van der Waals surface area contributed by atoms with Crippen molar-refractivity contribution >= 4 is 0 Å². The van der Waals surface area contributed by atoms with Crippen molar-refractivity contribution in [1.29, 1.82) is 0 Å². The van der Waals surface area contributed by atoms with E-state index in [4.69, 9.17) is 9.47 Å². The number of hydrogen-bond donors (Lipinski definition) is 2. The van der Waals surface area contributed by atoms with Gasteiger partial charge in [-0.25, -0.2) is 0 Å². The largest absolute Gasteiger partial charge is 0.395 e. The molecule has 4 heteroatoms. The van der Waals surface area contributed by atoms with E-state index in [9.17, 15) is 5.11 Å². The molecule has 1 heterocycles. The van der Waals surface area contributed by atoms with Gasteiger partial charge < -0.3 is 19.9 Å². The summed E-state index contributed by atoms with van der Waals surface area (Å²) >= 11 is 0. The number of nitrogens with one attached hydrogen (secondary N) is 1. The molecule has 102 valence electrons. The third kappa shape index (κ3) is 5.82. The van der Waals surface area contributed by atoms with Crippen LogP contribution in [0.1, 0.15) is 40.0 Å². The van der Waals surface area contributed by atoms with Gasteiger partial charge in [-0.15, -0.1) is 0 Å². The predicted molar refractivity (Wildman–Crippen MR) is 68.2 cm³/mol. The van der Waals surface area contributed by atoms with Crippen molar-refractivity contribution in [1.82, 2.24) is 5.32 Å². The predicted octanol–water partition coefficient (Wildman–Crippen LogP) is 1.32. The minimum atomic E-state index is 0.0587. The number of hydrogen-bond acceptors (Lipinski definition) is 4. The molecule has 4 nitrogen and oxygen atoms in total. The molecular weight excluding hydrogens is 218 g/mol. The van der Waals surface area contributed by atoms with E-state index < -0.39 is 0 Å². The van der Waals surface area contributed by atoms with Gasteiger partial charge in [-0.05, 0) is 39.7 Å². The van der Waals surface area contributed by atoms with Crippen LogP contribution in [-0.4, -0.2) is 49.2 Å². The van der Waals surface area contributed by atoms with E-state index in [0.29, 0.717) is 6.61 Å². The van der Waals surface area contributed by atoms with Gasteiger partial charge in [0.05, 0.1) is 37.6 Å². The first-order valence-electron chi connectivity index (χ1n) is 6.77. The second-order valence-electron chi connectivity index (χ2n) is 5.02. The standard InChI is InChI=1S/C13H27NO3/c1-4-5-14-12(8-15)9-16-13-6-10(2)17-11(3)7-13/h10-15H,4-9H2,1-3H3. The van der Waals surface area contributed by atoms with Crippen LogP contribution in [0.5, 0.6) is 0 Å². The van der Waals surface area contributed by atoms with Gasteiger partial charge in [-0.1, -0.05) is 6.92 Å². The third-order valence-corrected chi connectivity index (χ3v) is 3.09. The Labute approximate surface area is 105 Å². The fourth-order valence-electron chi connectivity index (χ4n) is 2.26. The molecule has 3 atom stereocenters. The third-order valence-electron chi connectivity index (χ3n) is 3.09. The van der Waals surface area contributed by atoms with Crippen LogP contribution in [0.4, 0.5) is 0 Å². The second kappa shape index (κ2) is 8.03. The molecule has 0 bridgehead atoms. The average Bonchev–Trinajstić information content (AvgIpc) is 2.28. The molecule has 1 fully saturated rings. The Morgan fingerprint density at radius 2 is 2.00 bits per heavy atom. The van der Waals surface area contributed by atoms with Crippen LogP contribution in [0, 0.1) is 0 Å². The summed E-state index contributed by atoms with van der Waals surface area (Å²) in [4.78, 5) is 0. The van der Waals surface area contributed by atoms with Crippen LogP contribution in [0.2, 0.25) is 0 Å². The molecule has 2 N–H and O–H groups in total. The lowest BCUT2D eigenvalue weighted by Crippen LogP contribution is -2.41. The van der Waals surface area contributed by atoms with Crippen molar-refractivity contribution < 1.29 is 14.6 Å². The van der Waals surface area contributed by atoms with E-state index in [1.165, 1.54) is 0 Å². The maximum Gasteiger partial charge on any atom is 0.0645 e. The molecule has 1 saturated heterocycles. The normalized spacial score (nSPS) is 31.4. The lowest BCUT2D eigenvalue weighted by Gasteiger charge is -2.32. The Hall–Kier alpha value is -0.160. The van der Waals surface area contributed by atoms with E-state index in [1.54, 1.807) is 0 Å². The Balaban J connectivity index is 2.23. The van der Waals surface area contributed by atoms with Crippen LogP contribution in [0.25, 0.3) is 0 Å². The number of aliphatic hydroxyl groups excluding tert-OH is 1. The van der Waals surface area contributed by atoms with E-state index in [-0.39, 0.29) is 31.0 Å². The van der Waals surface area contributed by atoms with Crippen molar-refractivity contribution in [3.8, 4) is 0 Å². The summed E-state index contributed by atoms with van der Waals surface area (Å²) in [6.07, 6.45) is 3.81. The fraction of sp³-hybridized carbons (Fsp3) is 1.00. The topological polar surface area (TPSA) is 50.7 Å². The summed E-state index contributed by atoms with van der Waals surface area (Å²) in [5.41, 5.74) is 0. The van der Waals surface area contributed by atoms with Crippen molar-refractivity contribution in [3.63, 3.8) is 0 Å². The summed E-state index contributed by atoms with van der Waals surface area (Å²) in [5.74, 6) is 0. The maximum absolute atomic E-state index is 9.22. The second-order valence-corrected chi connectivity index (χ2v) is 5.02. The Kier molecular flexibility index (Phi) is 7.04. The smallest absolute Gasteiger partial charge is 0.0645 e. The van der Waals surface area contributed by atoms with Crippen LogP contribution in [0.15, 0.2) is 0 Å². The van der Waals surface area contributed by atoms with E-state index in [1.807, 2.05) is 0 Å². The zero-order valence-electron chi connectivity index (χ0n) is 11.3. The number of aliphatic hydroxyl groups is 1. The zero-order chi connectivity index (χ0) is 12.7. The van der Waals surface area contributed by atoms with E-state index in [0.717, 1.165) is 25.8 Å². The molecule has 1 rings (SSSR count). The van der Waals surface area contributed by atoms with Crippen LogP contribution in [-0.2, 0) is 9.47 Å². The van der Waals surface area contributed by atoms with Gasteiger partial charge in [0, 0.05) is 0 Å². The molecule has 0 aliphatic carbocycles. The summed E-state index contributed by atoms with van der Waals surface area (Å²) in [6.45, 7) is 7.93. The summed E-state index contributed by atoms with van der Waals surface area (Å²) in [7, 11) is 0. The first kappa shape index (κ1) is 14.9. The highest BCUT2D eigenvalue weighted by Gasteiger charge is 2.25. The molecule has 1 aliphatic heterocycles. The van der Waals surface area contributed by atoms with E-state index >= 15 is 0 Å². The van der Waals surface area contributed by atoms with Gasteiger partial charge in [0.25, 0.3) is 0 Å². The molecule has 0 aromatic carbocycles. The monoisotopic (exact) mass is 245 g/mol. The van der Waals surface area contributed by atoms with Crippen LogP contribution in [0.3, 0.4) is 0 Å². The molecule has 0 saturated carbocycles. The van der Waals surface area contributed by atoms with Gasteiger partial charge in [0.1, 0.15) is 0 Å². The average molecular weight is 245 g/mol. The molecule has 0 radical (unpaired) electrons. The number of rotatable bonds is 7. The molecule has 17 heavy (non-hydrogen) atoms. The Morgan fingerprint density at radius 1 is 1.35 bits per heavy atom. The molecule has 0 amide bonds. The first-order chi connectivity index (χ1) is 8.15. The lowest BCUT2D eigenvalue weighted by atomic mass is 10.0. The number of ether oxygens (including phenoxy) is 2. The maximum atomic E-state index is 9.22. The Bertz CT molecular complexity index is 191. The minimum absolute atomic E-state index is 0.0587. The molecular formula is C13H27NO3.